The Hall–Kier alpha value is -0.850. The van der Waals surface area contributed by atoms with Gasteiger partial charge in [0.05, 0.1) is 6.07 Å². The van der Waals surface area contributed by atoms with E-state index in [1.807, 2.05) is 18.2 Å². The fourth-order valence-corrected chi connectivity index (χ4v) is 1.87. The minimum atomic E-state index is -0.456. The molecule has 64 valence electrons. The van der Waals surface area contributed by atoms with E-state index in [4.69, 9.17) is 11.0 Å². The Morgan fingerprint density at radius 3 is 2.42 bits per heavy atom. The van der Waals surface area contributed by atoms with E-state index in [1.165, 1.54) is 4.88 Å². The van der Waals surface area contributed by atoms with Gasteiger partial charge in [-0.15, -0.1) is 11.3 Å². The summed E-state index contributed by atoms with van der Waals surface area (Å²) in [4.78, 5) is 2.25. The molecular weight excluding hydrogens is 168 g/mol. The molecule has 12 heavy (non-hydrogen) atoms. The van der Waals surface area contributed by atoms with E-state index < -0.39 is 6.04 Å². The van der Waals surface area contributed by atoms with Crippen molar-refractivity contribution in [2.24, 2.45) is 5.73 Å². The molecule has 0 radical (unpaired) electrons. The van der Waals surface area contributed by atoms with Crippen LogP contribution in [0.5, 0.6) is 0 Å². The van der Waals surface area contributed by atoms with E-state index in [1.54, 1.807) is 11.3 Å². The zero-order chi connectivity index (χ0) is 9.14. The Kier molecular flexibility index (Phi) is 2.85. The van der Waals surface area contributed by atoms with Crippen LogP contribution in [0.2, 0.25) is 0 Å². The van der Waals surface area contributed by atoms with Crippen LogP contribution in [0.4, 0.5) is 0 Å². The molecule has 0 aliphatic rings. The van der Waals surface area contributed by atoms with Crippen molar-refractivity contribution in [3.8, 4) is 6.07 Å². The van der Waals surface area contributed by atoms with Gasteiger partial charge in [0.1, 0.15) is 6.04 Å². The number of hydrogen-bond acceptors (Lipinski definition) is 3. The summed E-state index contributed by atoms with van der Waals surface area (Å²) in [5.74, 6) is 0.523. The maximum Gasteiger partial charge on any atom is 0.128 e. The van der Waals surface area contributed by atoms with Gasteiger partial charge in [-0.25, -0.2) is 0 Å². The number of rotatable bonds is 2. The number of thiophene rings is 1. The largest absolute Gasteiger partial charge is 0.312 e. The second kappa shape index (κ2) is 3.70. The summed E-state index contributed by atoms with van der Waals surface area (Å²) in [7, 11) is 0. The topological polar surface area (TPSA) is 49.8 Å². The van der Waals surface area contributed by atoms with Gasteiger partial charge in [0.2, 0.25) is 0 Å². The number of nitrogens with two attached hydrogens (primary N) is 1. The van der Waals surface area contributed by atoms with Crippen molar-refractivity contribution in [2.45, 2.75) is 25.8 Å². The van der Waals surface area contributed by atoms with E-state index in [0.29, 0.717) is 5.92 Å². The van der Waals surface area contributed by atoms with Gasteiger partial charge in [-0.2, -0.15) is 5.26 Å². The monoisotopic (exact) mass is 180 g/mol. The molecule has 3 heteroatoms. The molecule has 1 unspecified atom stereocenters. The zero-order valence-corrected chi connectivity index (χ0v) is 8.06. The lowest BCUT2D eigenvalue weighted by atomic mass is 10.2. The Labute approximate surface area is 76.6 Å². The fourth-order valence-electron chi connectivity index (χ4n) is 0.909. The molecule has 2 N–H and O–H groups in total. The smallest absolute Gasteiger partial charge is 0.128 e. The highest BCUT2D eigenvalue weighted by Gasteiger charge is 2.09. The minimum Gasteiger partial charge on any atom is -0.312 e. The predicted molar refractivity (Wildman–Crippen MR) is 50.9 cm³/mol. The molecule has 0 saturated carbocycles. The SMILES string of the molecule is CC(C)c1ccc(C(N)C#N)s1. The highest BCUT2D eigenvalue weighted by Crippen LogP contribution is 2.27. The van der Waals surface area contributed by atoms with E-state index in [0.717, 1.165) is 4.88 Å². The van der Waals surface area contributed by atoms with Gasteiger partial charge in [-0.3, -0.25) is 0 Å². The van der Waals surface area contributed by atoms with Crippen molar-refractivity contribution in [1.82, 2.24) is 0 Å². The molecule has 1 rings (SSSR count). The Morgan fingerprint density at radius 2 is 2.00 bits per heavy atom. The first kappa shape index (κ1) is 9.24. The van der Waals surface area contributed by atoms with Crippen LogP contribution in [0.25, 0.3) is 0 Å². The van der Waals surface area contributed by atoms with Crippen molar-refractivity contribution in [2.75, 3.05) is 0 Å². The Balaban J connectivity index is 2.86. The summed E-state index contributed by atoms with van der Waals surface area (Å²) >= 11 is 1.63. The lowest BCUT2D eigenvalue weighted by molar-refractivity contribution is 0.890. The van der Waals surface area contributed by atoms with Crippen LogP contribution in [0.1, 0.15) is 35.6 Å². The van der Waals surface area contributed by atoms with E-state index >= 15 is 0 Å². The quantitative estimate of drug-likeness (QED) is 0.759. The van der Waals surface area contributed by atoms with Gasteiger partial charge in [0.25, 0.3) is 0 Å². The van der Waals surface area contributed by atoms with Gasteiger partial charge in [-0.05, 0) is 18.1 Å². The first-order valence-electron chi connectivity index (χ1n) is 3.90. The summed E-state index contributed by atoms with van der Waals surface area (Å²) in [6, 6.07) is 5.55. The molecule has 0 saturated heterocycles. The third-order valence-corrected chi connectivity index (χ3v) is 3.13. The van der Waals surface area contributed by atoms with Gasteiger partial charge in [0.15, 0.2) is 0 Å². The second-order valence-electron chi connectivity index (χ2n) is 3.00. The molecule has 0 spiro atoms. The molecular formula is C9H12N2S. The number of nitrogens with zero attached hydrogens (tertiary/aromatic N) is 1. The van der Waals surface area contributed by atoms with Crippen LogP contribution in [-0.4, -0.2) is 0 Å². The Bertz CT molecular complexity index is 296. The van der Waals surface area contributed by atoms with Crippen LogP contribution < -0.4 is 5.73 Å². The van der Waals surface area contributed by atoms with Crippen molar-refractivity contribution < 1.29 is 0 Å². The summed E-state index contributed by atoms with van der Waals surface area (Å²) in [6.07, 6.45) is 0. The highest BCUT2D eigenvalue weighted by molar-refractivity contribution is 7.12. The van der Waals surface area contributed by atoms with Crippen LogP contribution >= 0.6 is 11.3 Å². The first-order valence-corrected chi connectivity index (χ1v) is 4.71. The van der Waals surface area contributed by atoms with Crippen molar-refractivity contribution in [3.05, 3.63) is 21.9 Å². The molecule has 0 amide bonds. The third-order valence-electron chi connectivity index (χ3n) is 1.66. The zero-order valence-electron chi connectivity index (χ0n) is 7.24. The van der Waals surface area contributed by atoms with Gasteiger partial charge in [0, 0.05) is 9.75 Å². The lowest BCUT2D eigenvalue weighted by Gasteiger charge is -1.99. The van der Waals surface area contributed by atoms with Crippen LogP contribution in [0, 0.1) is 11.3 Å². The fraction of sp³-hybridized carbons (Fsp3) is 0.444. The van der Waals surface area contributed by atoms with E-state index in [-0.39, 0.29) is 0 Å². The van der Waals surface area contributed by atoms with Crippen LogP contribution in [-0.2, 0) is 0 Å². The van der Waals surface area contributed by atoms with E-state index in [2.05, 4.69) is 13.8 Å². The summed E-state index contributed by atoms with van der Waals surface area (Å²) in [5.41, 5.74) is 5.56. The first-order chi connectivity index (χ1) is 5.65. The van der Waals surface area contributed by atoms with Gasteiger partial charge in [-0.1, -0.05) is 13.8 Å². The van der Waals surface area contributed by atoms with Gasteiger partial charge >= 0.3 is 0 Å². The van der Waals surface area contributed by atoms with Crippen molar-refractivity contribution in [3.63, 3.8) is 0 Å². The van der Waals surface area contributed by atoms with Crippen LogP contribution in [0.15, 0.2) is 12.1 Å². The normalized spacial score (nSPS) is 12.9. The average molecular weight is 180 g/mol. The molecule has 1 atom stereocenters. The standard InChI is InChI=1S/C9H12N2S/c1-6(2)8-3-4-9(12-8)7(11)5-10/h3-4,6-7H,11H2,1-2H3. The Morgan fingerprint density at radius 1 is 1.42 bits per heavy atom. The summed E-state index contributed by atoms with van der Waals surface area (Å²) < 4.78 is 0. The number of nitriles is 1. The third kappa shape index (κ3) is 1.84. The maximum absolute atomic E-state index is 8.57. The molecule has 2 nitrogen and oxygen atoms in total. The minimum absolute atomic E-state index is 0.456. The molecule has 0 aliphatic carbocycles. The predicted octanol–water partition coefficient (Wildman–Crippen LogP) is 2.39. The second-order valence-corrected chi connectivity index (χ2v) is 4.15. The summed E-state index contributed by atoms with van der Waals surface area (Å²) in [5, 5.41) is 8.57. The molecule has 0 aromatic carbocycles. The average Bonchev–Trinajstić information content (AvgIpc) is 2.51. The van der Waals surface area contributed by atoms with Crippen LogP contribution in [0.3, 0.4) is 0 Å². The summed E-state index contributed by atoms with van der Waals surface area (Å²) in [6.45, 7) is 4.26. The molecule has 1 heterocycles. The lowest BCUT2D eigenvalue weighted by Crippen LogP contribution is -2.04. The van der Waals surface area contributed by atoms with Crippen molar-refractivity contribution >= 4 is 11.3 Å². The van der Waals surface area contributed by atoms with Crippen molar-refractivity contribution in [1.29, 1.82) is 5.26 Å². The molecule has 0 aliphatic heterocycles. The van der Waals surface area contributed by atoms with Gasteiger partial charge < -0.3 is 5.73 Å². The molecule has 0 fully saturated rings. The maximum atomic E-state index is 8.57. The molecule has 1 aromatic rings. The number of hydrogen-bond donors (Lipinski definition) is 1. The van der Waals surface area contributed by atoms with E-state index in [9.17, 15) is 0 Å². The highest BCUT2D eigenvalue weighted by atomic mass is 32.1. The molecule has 0 bridgehead atoms. The molecule has 1 aromatic heterocycles.